The van der Waals surface area contributed by atoms with Gasteiger partial charge in [-0.25, -0.2) is 9.00 Å². The van der Waals surface area contributed by atoms with Crippen molar-refractivity contribution in [3.05, 3.63) is 42.0 Å². The summed E-state index contributed by atoms with van der Waals surface area (Å²) in [5.74, 6) is -4.17. The molecular formula is C32H52N6O10S. The normalized spacial score (nSPS) is 13.1. The van der Waals surface area contributed by atoms with Crippen molar-refractivity contribution >= 4 is 58.3 Å². The van der Waals surface area contributed by atoms with Gasteiger partial charge in [0.2, 0.25) is 17.7 Å². The summed E-state index contributed by atoms with van der Waals surface area (Å²) >= 11 is -2.64. The summed E-state index contributed by atoms with van der Waals surface area (Å²) in [5, 5.41) is 8.37. The molecule has 0 aromatic heterocycles. The molecule has 17 heteroatoms. The van der Waals surface area contributed by atoms with Gasteiger partial charge in [-0.3, -0.25) is 33.7 Å². The Labute approximate surface area is 290 Å². The van der Waals surface area contributed by atoms with Gasteiger partial charge in [-0.1, -0.05) is 60.6 Å². The third-order valence-electron chi connectivity index (χ3n) is 5.95. The topological polar surface area (TPSA) is 243 Å². The lowest BCUT2D eigenvalue weighted by atomic mass is 10.0. The number of hydrogen-bond donors (Lipinski definition) is 6. The number of esters is 1. The van der Waals surface area contributed by atoms with Crippen LogP contribution in [0, 0.1) is 5.92 Å². The van der Waals surface area contributed by atoms with Gasteiger partial charge in [-0.05, 0) is 36.5 Å². The number of hydrogen-bond acceptors (Lipinski definition) is 9. The van der Waals surface area contributed by atoms with E-state index in [4.69, 9.17) is 10.5 Å². The third kappa shape index (κ3) is 19.7. The predicted molar refractivity (Wildman–Crippen MR) is 186 cm³/mol. The molecule has 1 aliphatic rings. The molecule has 0 bridgehead atoms. The molecule has 1 aromatic rings. The summed E-state index contributed by atoms with van der Waals surface area (Å²) in [6.45, 7) is 14.7. The highest BCUT2D eigenvalue weighted by Crippen LogP contribution is 2.12. The molecule has 3 atom stereocenters. The highest BCUT2D eigenvalue weighted by Gasteiger charge is 2.33. The van der Waals surface area contributed by atoms with E-state index < -0.39 is 76.4 Å². The van der Waals surface area contributed by atoms with E-state index in [1.54, 1.807) is 38.1 Å². The van der Waals surface area contributed by atoms with Gasteiger partial charge in [0.15, 0.2) is 11.1 Å². The average Bonchev–Trinajstić information content (AvgIpc) is 3.39. The van der Waals surface area contributed by atoms with Crippen molar-refractivity contribution in [2.75, 3.05) is 25.0 Å². The Kier molecular flexibility index (Phi) is 25.0. The van der Waals surface area contributed by atoms with Crippen LogP contribution in [0.5, 0.6) is 0 Å². The van der Waals surface area contributed by atoms with Crippen molar-refractivity contribution in [2.45, 2.75) is 86.1 Å². The molecule has 0 spiro atoms. The van der Waals surface area contributed by atoms with Crippen molar-refractivity contribution in [1.29, 1.82) is 0 Å². The van der Waals surface area contributed by atoms with Crippen molar-refractivity contribution in [2.24, 2.45) is 11.7 Å². The largest absolute Gasteiger partial charge is 0.461 e. The zero-order valence-electron chi connectivity index (χ0n) is 29.5. The number of benzene rings is 1. The SMILES string of the molecule is CC.CC.CC(=O)OCc1ccc(NC(=O)CNC(=O)C(NC(=O)[C@@H](CCN2C(=O)C=CC2=O)S(=O)O)C(C)C)cc1.CCCNC(N)=O. The summed E-state index contributed by atoms with van der Waals surface area (Å²) in [4.78, 5) is 82.6. The van der Waals surface area contributed by atoms with Gasteiger partial charge in [0.1, 0.15) is 17.9 Å². The predicted octanol–water partition coefficient (Wildman–Crippen LogP) is 1.97. The molecule has 1 heterocycles. The van der Waals surface area contributed by atoms with Gasteiger partial charge in [0.25, 0.3) is 11.8 Å². The molecule has 0 radical (unpaired) electrons. The van der Waals surface area contributed by atoms with Crippen molar-refractivity contribution < 1.29 is 47.1 Å². The van der Waals surface area contributed by atoms with E-state index in [0.717, 1.165) is 29.0 Å². The van der Waals surface area contributed by atoms with Crippen molar-refractivity contribution in [1.82, 2.24) is 20.9 Å². The fourth-order valence-electron chi connectivity index (χ4n) is 3.60. The van der Waals surface area contributed by atoms with Gasteiger partial charge in [0, 0.05) is 37.9 Å². The molecule has 0 fully saturated rings. The molecular weight excluding hydrogens is 660 g/mol. The number of carbonyl (C=O) groups is 7. The molecule has 49 heavy (non-hydrogen) atoms. The third-order valence-corrected chi connectivity index (χ3v) is 6.89. The Morgan fingerprint density at radius 1 is 0.939 bits per heavy atom. The van der Waals surface area contributed by atoms with Gasteiger partial charge < -0.3 is 36.3 Å². The number of ether oxygens (including phenoxy) is 1. The number of nitrogens with zero attached hydrogens (tertiary/aromatic N) is 1. The second-order valence-electron chi connectivity index (χ2n) is 9.98. The van der Waals surface area contributed by atoms with Crippen LogP contribution in [0.4, 0.5) is 10.5 Å². The number of anilines is 1. The van der Waals surface area contributed by atoms with E-state index in [9.17, 15) is 42.3 Å². The lowest BCUT2D eigenvalue weighted by Crippen LogP contribution is -2.54. The maximum Gasteiger partial charge on any atom is 0.312 e. The number of imide groups is 1. The lowest BCUT2D eigenvalue weighted by Gasteiger charge is -2.24. The molecule has 276 valence electrons. The highest BCUT2D eigenvalue weighted by atomic mass is 32.2. The number of urea groups is 1. The van der Waals surface area contributed by atoms with E-state index in [1.807, 2.05) is 34.6 Å². The first kappa shape index (κ1) is 46.5. The fourth-order valence-corrected chi connectivity index (χ4v) is 4.16. The molecule has 0 saturated carbocycles. The summed E-state index contributed by atoms with van der Waals surface area (Å²) in [6.07, 6.45) is 2.76. The van der Waals surface area contributed by atoms with Gasteiger partial charge in [0.05, 0.1) is 6.54 Å². The summed E-state index contributed by atoms with van der Waals surface area (Å²) < 4.78 is 26.3. The molecule has 0 saturated heterocycles. The van der Waals surface area contributed by atoms with Crippen LogP contribution >= 0.6 is 0 Å². The molecule has 1 aromatic carbocycles. The number of amides is 7. The first-order chi connectivity index (χ1) is 23.2. The number of rotatable bonds is 15. The van der Waals surface area contributed by atoms with Crippen LogP contribution < -0.4 is 27.0 Å². The Morgan fingerprint density at radius 2 is 1.49 bits per heavy atom. The maximum atomic E-state index is 12.7. The zero-order chi connectivity index (χ0) is 38.1. The van der Waals surface area contributed by atoms with Crippen LogP contribution in [-0.2, 0) is 51.2 Å². The lowest BCUT2D eigenvalue weighted by molar-refractivity contribution is -0.142. The monoisotopic (exact) mass is 712 g/mol. The van der Waals surface area contributed by atoms with E-state index in [1.165, 1.54) is 6.92 Å². The first-order valence-corrected chi connectivity index (χ1v) is 17.1. The Hall–Kier alpha value is -4.64. The Morgan fingerprint density at radius 3 is 1.92 bits per heavy atom. The van der Waals surface area contributed by atoms with Crippen LogP contribution in [0.15, 0.2) is 36.4 Å². The molecule has 1 aliphatic heterocycles. The Balaban J connectivity index is 0. The second-order valence-corrected chi connectivity index (χ2v) is 11.1. The van der Waals surface area contributed by atoms with E-state index in [0.29, 0.717) is 12.2 Å². The second kappa shape index (κ2) is 26.3. The minimum atomic E-state index is -2.64. The van der Waals surface area contributed by atoms with Gasteiger partial charge in [-0.2, -0.15) is 0 Å². The standard InChI is InChI=1S/C24H30N4O9S.C4H10N2O.2C2H6/c1-14(2)22(27-23(33)18(38(35)36)10-11-28-20(31)8-9-21(28)32)24(34)25-12-19(30)26-17-6-4-16(5-7-17)13-37-15(3)29;1-2-3-6-4(5)7;2*1-2/h4-9,14,18,22H,10-13H2,1-3H3,(H,25,34)(H,26,30)(H,27,33)(H,35,36);2-3H2,1H3,(H3,5,6,7);2*1-2H3/t18-,22?;;;/m1.../s1. The number of primary amides is 1. The first-order valence-electron chi connectivity index (χ1n) is 15.9. The highest BCUT2D eigenvalue weighted by molar-refractivity contribution is 7.80. The van der Waals surface area contributed by atoms with E-state index in [2.05, 4.69) is 21.3 Å². The smallest absolute Gasteiger partial charge is 0.312 e. The maximum absolute atomic E-state index is 12.7. The van der Waals surface area contributed by atoms with Gasteiger partial charge >= 0.3 is 12.0 Å². The fraction of sp³-hybridized carbons (Fsp3) is 0.531. The molecule has 0 aliphatic carbocycles. The van der Waals surface area contributed by atoms with Crippen LogP contribution in [0.1, 0.15) is 73.8 Å². The van der Waals surface area contributed by atoms with Crippen LogP contribution in [-0.4, -0.2) is 86.1 Å². The van der Waals surface area contributed by atoms with Crippen LogP contribution in [0.2, 0.25) is 0 Å². The number of nitrogens with one attached hydrogen (secondary N) is 4. The van der Waals surface area contributed by atoms with Crippen LogP contribution in [0.3, 0.4) is 0 Å². The average molecular weight is 713 g/mol. The van der Waals surface area contributed by atoms with Crippen molar-refractivity contribution in [3.8, 4) is 0 Å². The summed E-state index contributed by atoms with van der Waals surface area (Å²) in [5.41, 5.74) is 5.90. The Bertz CT molecular complexity index is 1270. The molecule has 2 rings (SSSR count). The summed E-state index contributed by atoms with van der Waals surface area (Å²) in [6, 6.07) is 4.96. The van der Waals surface area contributed by atoms with Crippen LogP contribution in [0.25, 0.3) is 0 Å². The molecule has 16 nitrogen and oxygen atoms in total. The van der Waals surface area contributed by atoms with Gasteiger partial charge in [-0.15, -0.1) is 0 Å². The molecule has 2 unspecified atom stereocenters. The molecule has 7 amide bonds. The minimum Gasteiger partial charge on any atom is -0.461 e. The van der Waals surface area contributed by atoms with E-state index >= 15 is 0 Å². The number of carbonyl (C=O) groups excluding carboxylic acids is 7. The molecule has 7 N–H and O–H groups in total. The zero-order valence-corrected chi connectivity index (χ0v) is 30.3. The quantitative estimate of drug-likeness (QED) is 0.0877. The number of nitrogens with two attached hydrogens (primary N) is 1. The van der Waals surface area contributed by atoms with E-state index in [-0.39, 0.29) is 19.6 Å². The minimum absolute atomic E-state index is 0.0956. The summed E-state index contributed by atoms with van der Waals surface area (Å²) in [7, 11) is 0. The van der Waals surface area contributed by atoms with Crippen molar-refractivity contribution in [3.63, 3.8) is 0 Å².